The molecule has 0 saturated heterocycles. The van der Waals surface area contributed by atoms with Crippen LogP contribution in [0.4, 0.5) is 0 Å². The second kappa shape index (κ2) is 5.20. The number of amides is 1. The van der Waals surface area contributed by atoms with E-state index in [-0.39, 0.29) is 5.91 Å². The van der Waals surface area contributed by atoms with Crippen molar-refractivity contribution in [2.24, 2.45) is 11.8 Å². The van der Waals surface area contributed by atoms with Crippen LogP contribution in [0.5, 0.6) is 0 Å². The predicted octanol–water partition coefficient (Wildman–Crippen LogP) is 3.50. The minimum absolute atomic E-state index is 0.0967. The van der Waals surface area contributed by atoms with Gasteiger partial charge in [0, 0.05) is 22.8 Å². The Balaban J connectivity index is 1.48. The fourth-order valence-electron chi connectivity index (χ4n) is 4.07. The van der Waals surface area contributed by atoms with Crippen LogP contribution in [0, 0.1) is 11.8 Å². The van der Waals surface area contributed by atoms with E-state index < -0.39 is 0 Å². The van der Waals surface area contributed by atoms with Gasteiger partial charge in [0.15, 0.2) is 0 Å². The maximum absolute atomic E-state index is 12.4. The molecule has 0 aliphatic heterocycles. The second-order valence-corrected chi connectivity index (χ2v) is 6.56. The molecule has 1 aromatic carbocycles. The number of hydrazine groups is 1. The van der Waals surface area contributed by atoms with Crippen molar-refractivity contribution < 1.29 is 4.79 Å². The van der Waals surface area contributed by atoms with E-state index in [1.54, 1.807) is 6.20 Å². The van der Waals surface area contributed by atoms with Crippen LogP contribution >= 0.6 is 0 Å². The number of benzene rings is 1. The van der Waals surface area contributed by atoms with Crippen molar-refractivity contribution in [2.45, 2.75) is 32.6 Å². The van der Waals surface area contributed by atoms with Gasteiger partial charge in [0.05, 0.1) is 5.56 Å². The number of aromatic nitrogens is 1. The molecule has 2 aliphatic rings. The van der Waals surface area contributed by atoms with Crippen LogP contribution in [-0.2, 0) is 0 Å². The second-order valence-electron chi connectivity index (χ2n) is 6.56. The van der Waals surface area contributed by atoms with Crippen molar-refractivity contribution in [2.75, 3.05) is 0 Å². The fraction of sp³-hybridized carbons (Fsp3) is 0.389. The number of carbonyl (C=O) groups excluding carboxylic acids is 1. The van der Waals surface area contributed by atoms with Crippen molar-refractivity contribution in [1.29, 1.82) is 0 Å². The molecular weight excluding hydrogens is 274 g/mol. The molecular formula is C18H21N3O. The van der Waals surface area contributed by atoms with Gasteiger partial charge in [-0.15, -0.1) is 0 Å². The molecule has 2 atom stereocenters. The Hall–Kier alpha value is -2.23. The van der Waals surface area contributed by atoms with Crippen LogP contribution in [-0.4, -0.2) is 10.9 Å². The van der Waals surface area contributed by atoms with E-state index in [2.05, 4.69) is 22.8 Å². The molecule has 1 heterocycles. The summed E-state index contributed by atoms with van der Waals surface area (Å²) in [6, 6.07) is 7.84. The lowest BCUT2D eigenvalue weighted by Crippen LogP contribution is -2.36. The molecule has 0 spiro atoms. The van der Waals surface area contributed by atoms with Crippen LogP contribution in [0.2, 0.25) is 0 Å². The van der Waals surface area contributed by atoms with Crippen LogP contribution < -0.4 is 10.9 Å². The number of allylic oxidation sites excluding steroid dienone is 2. The van der Waals surface area contributed by atoms with E-state index in [4.69, 9.17) is 0 Å². The number of hydrogen-bond acceptors (Lipinski definition) is 2. The van der Waals surface area contributed by atoms with Crippen LogP contribution in [0.15, 0.2) is 41.7 Å². The van der Waals surface area contributed by atoms with E-state index in [1.807, 2.05) is 24.3 Å². The van der Waals surface area contributed by atoms with Crippen molar-refractivity contribution in [3.63, 3.8) is 0 Å². The van der Waals surface area contributed by atoms with Crippen molar-refractivity contribution in [1.82, 2.24) is 15.8 Å². The molecule has 2 aromatic rings. The molecule has 2 bridgehead atoms. The number of hydrogen-bond donors (Lipinski definition) is 3. The molecule has 4 heteroatoms. The largest absolute Gasteiger partial charge is 0.360 e. The molecule has 0 radical (unpaired) electrons. The van der Waals surface area contributed by atoms with Gasteiger partial charge in [-0.1, -0.05) is 18.2 Å². The molecule has 2 aliphatic carbocycles. The Labute approximate surface area is 130 Å². The van der Waals surface area contributed by atoms with Crippen LogP contribution in [0.25, 0.3) is 10.9 Å². The Morgan fingerprint density at radius 3 is 2.86 bits per heavy atom. The molecule has 4 rings (SSSR count). The third-order valence-electron chi connectivity index (χ3n) is 5.22. The zero-order valence-electron chi connectivity index (χ0n) is 12.8. The van der Waals surface area contributed by atoms with Gasteiger partial charge in [0.25, 0.3) is 5.91 Å². The summed E-state index contributed by atoms with van der Waals surface area (Å²) in [5.74, 6) is 1.52. The lowest BCUT2D eigenvalue weighted by Gasteiger charge is -2.18. The number of fused-ring (bicyclic) bond motifs is 3. The Morgan fingerprint density at radius 1 is 1.23 bits per heavy atom. The Bertz CT molecular complexity index is 759. The van der Waals surface area contributed by atoms with E-state index >= 15 is 0 Å². The molecule has 2 fully saturated rings. The summed E-state index contributed by atoms with van der Waals surface area (Å²) in [6.45, 7) is 2.07. The average Bonchev–Trinajstić information content (AvgIpc) is 3.26. The fourth-order valence-corrected chi connectivity index (χ4v) is 4.07. The SMILES string of the molecule is C/C(NNC(=O)c1c[nH]c2ccccc12)=C1\C[C@H]2CC[C@@H]1C2. The first-order valence-corrected chi connectivity index (χ1v) is 8.04. The van der Waals surface area contributed by atoms with Gasteiger partial charge in [-0.25, -0.2) is 0 Å². The molecule has 114 valence electrons. The maximum Gasteiger partial charge on any atom is 0.271 e. The number of para-hydroxylation sites is 1. The van der Waals surface area contributed by atoms with Gasteiger partial charge < -0.3 is 10.4 Å². The number of rotatable bonds is 3. The van der Waals surface area contributed by atoms with Gasteiger partial charge in [0.2, 0.25) is 0 Å². The summed E-state index contributed by atoms with van der Waals surface area (Å²) < 4.78 is 0. The number of carbonyl (C=O) groups is 1. The van der Waals surface area contributed by atoms with Crippen molar-refractivity contribution in [3.8, 4) is 0 Å². The first kappa shape index (κ1) is 13.4. The molecule has 0 unspecified atom stereocenters. The highest BCUT2D eigenvalue weighted by Gasteiger charge is 2.36. The highest BCUT2D eigenvalue weighted by molar-refractivity contribution is 6.06. The van der Waals surface area contributed by atoms with Gasteiger partial charge >= 0.3 is 0 Å². The molecule has 1 amide bonds. The molecule has 2 saturated carbocycles. The summed E-state index contributed by atoms with van der Waals surface area (Å²) in [6.07, 6.45) is 7.00. The quantitative estimate of drug-likeness (QED) is 0.759. The zero-order chi connectivity index (χ0) is 15.1. The maximum atomic E-state index is 12.4. The van der Waals surface area contributed by atoms with Crippen molar-refractivity contribution in [3.05, 3.63) is 47.3 Å². The minimum Gasteiger partial charge on any atom is -0.360 e. The van der Waals surface area contributed by atoms with E-state index in [1.165, 1.54) is 31.3 Å². The first-order chi connectivity index (χ1) is 10.7. The normalized spacial score (nSPS) is 25.5. The van der Waals surface area contributed by atoms with E-state index in [9.17, 15) is 4.79 Å². The third kappa shape index (κ3) is 2.19. The monoisotopic (exact) mass is 295 g/mol. The topological polar surface area (TPSA) is 56.9 Å². The number of nitrogens with one attached hydrogen (secondary N) is 3. The number of aromatic amines is 1. The molecule has 22 heavy (non-hydrogen) atoms. The van der Waals surface area contributed by atoms with E-state index in [0.29, 0.717) is 5.56 Å². The zero-order valence-corrected chi connectivity index (χ0v) is 12.8. The average molecular weight is 295 g/mol. The Morgan fingerprint density at radius 2 is 2.09 bits per heavy atom. The summed E-state index contributed by atoms with van der Waals surface area (Å²) >= 11 is 0. The summed E-state index contributed by atoms with van der Waals surface area (Å²) in [4.78, 5) is 15.5. The van der Waals surface area contributed by atoms with Crippen molar-refractivity contribution >= 4 is 16.8 Å². The van der Waals surface area contributed by atoms with Gasteiger partial charge in [-0.05, 0) is 56.1 Å². The van der Waals surface area contributed by atoms with E-state index in [0.717, 1.165) is 28.4 Å². The summed E-state index contributed by atoms with van der Waals surface area (Å²) in [7, 11) is 0. The van der Waals surface area contributed by atoms with Gasteiger partial charge in [-0.3, -0.25) is 10.2 Å². The number of H-pyrrole nitrogens is 1. The standard InChI is InChI=1S/C18H21N3O/c1-11(15-9-12-6-7-13(15)8-12)20-21-18(22)16-10-19-17-5-3-2-4-14(16)17/h2-5,10,12-13,19-20H,6-9H2,1H3,(H,21,22)/b15-11-/t12-,13+/m0/s1. The lowest BCUT2D eigenvalue weighted by atomic mass is 9.93. The molecule has 1 aromatic heterocycles. The molecule has 4 nitrogen and oxygen atoms in total. The van der Waals surface area contributed by atoms with Crippen LogP contribution in [0.1, 0.15) is 43.0 Å². The summed E-state index contributed by atoms with van der Waals surface area (Å²) in [5.41, 5.74) is 10.3. The van der Waals surface area contributed by atoms with Gasteiger partial charge in [-0.2, -0.15) is 0 Å². The van der Waals surface area contributed by atoms with Crippen LogP contribution in [0.3, 0.4) is 0 Å². The van der Waals surface area contributed by atoms with Gasteiger partial charge in [0.1, 0.15) is 0 Å². The third-order valence-corrected chi connectivity index (χ3v) is 5.22. The summed E-state index contributed by atoms with van der Waals surface area (Å²) in [5, 5.41) is 0.951. The Kier molecular flexibility index (Phi) is 3.17. The molecule has 3 N–H and O–H groups in total. The first-order valence-electron chi connectivity index (χ1n) is 8.04. The highest BCUT2D eigenvalue weighted by atomic mass is 16.2. The minimum atomic E-state index is -0.0967. The lowest BCUT2D eigenvalue weighted by molar-refractivity contribution is 0.0940. The highest BCUT2D eigenvalue weighted by Crippen LogP contribution is 2.48. The smallest absolute Gasteiger partial charge is 0.271 e. The predicted molar refractivity (Wildman–Crippen MR) is 87.0 cm³/mol.